The number of benzene rings is 1. The third kappa shape index (κ3) is 2.38. The van der Waals surface area contributed by atoms with Crippen molar-refractivity contribution in [3.8, 4) is 0 Å². The number of anilines is 2. The maximum atomic E-state index is 6.02. The van der Waals surface area contributed by atoms with Gasteiger partial charge in [-0.3, -0.25) is 0 Å². The minimum absolute atomic E-state index is 0.206. The fourth-order valence-electron chi connectivity index (χ4n) is 2.90. The molecule has 5 nitrogen and oxygen atoms in total. The summed E-state index contributed by atoms with van der Waals surface area (Å²) >= 11 is 7.76. The van der Waals surface area contributed by atoms with Gasteiger partial charge in [0.1, 0.15) is 16.0 Å². The molecule has 1 fully saturated rings. The van der Waals surface area contributed by atoms with E-state index in [9.17, 15) is 0 Å². The lowest BCUT2D eigenvalue weighted by atomic mass is 10.2. The summed E-state index contributed by atoms with van der Waals surface area (Å²) in [7, 11) is 0. The summed E-state index contributed by atoms with van der Waals surface area (Å²) in [4.78, 5) is 15.3. The lowest BCUT2D eigenvalue weighted by Crippen LogP contribution is -2.24. The van der Waals surface area contributed by atoms with Crippen molar-refractivity contribution in [1.29, 1.82) is 0 Å². The van der Waals surface area contributed by atoms with Crippen molar-refractivity contribution in [2.75, 3.05) is 17.2 Å². The van der Waals surface area contributed by atoms with E-state index >= 15 is 0 Å². The van der Waals surface area contributed by atoms with E-state index in [-0.39, 0.29) is 12.0 Å². The van der Waals surface area contributed by atoms with E-state index in [0.29, 0.717) is 5.15 Å². The van der Waals surface area contributed by atoms with Gasteiger partial charge in [-0.1, -0.05) is 23.7 Å². The molecule has 0 radical (unpaired) electrons. The second-order valence-electron chi connectivity index (χ2n) is 5.28. The third-order valence-corrected chi connectivity index (χ3v) is 5.17. The number of nitrogens with two attached hydrogens (primary N) is 1. The molecule has 0 aliphatic carbocycles. The lowest BCUT2D eigenvalue weighted by Gasteiger charge is -2.24. The fraction of sp³-hybridized carbons (Fsp3) is 0.267. The van der Waals surface area contributed by atoms with Crippen LogP contribution in [0.4, 0.5) is 11.8 Å². The van der Waals surface area contributed by atoms with Crippen LogP contribution in [0.2, 0.25) is 5.15 Å². The summed E-state index contributed by atoms with van der Waals surface area (Å²) < 4.78 is 1.21. The molecule has 2 aromatic heterocycles. The Morgan fingerprint density at radius 2 is 2.09 bits per heavy atom. The van der Waals surface area contributed by atoms with Crippen LogP contribution in [0.5, 0.6) is 0 Å². The number of para-hydroxylation sites is 1. The van der Waals surface area contributed by atoms with Crippen LogP contribution in [-0.4, -0.2) is 21.5 Å². The summed E-state index contributed by atoms with van der Waals surface area (Å²) in [5.74, 6) is 0.983. The molecule has 1 aliphatic rings. The summed E-state index contributed by atoms with van der Waals surface area (Å²) in [6.45, 7) is 0.924. The molecule has 22 heavy (non-hydrogen) atoms. The van der Waals surface area contributed by atoms with Gasteiger partial charge in [-0.2, -0.15) is 4.98 Å². The number of rotatable bonds is 2. The van der Waals surface area contributed by atoms with Gasteiger partial charge in [-0.15, -0.1) is 11.3 Å². The van der Waals surface area contributed by atoms with Crippen LogP contribution in [-0.2, 0) is 0 Å². The van der Waals surface area contributed by atoms with Gasteiger partial charge >= 0.3 is 0 Å². The van der Waals surface area contributed by atoms with Crippen LogP contribution in [0.25, 0.3) is 10.2 Å². The van der Waals surface area contributed by atoms with E-state index in [0.717, 1.165) is 35.7 Å². The number of hydrogen-bond donors (Lipinski definition) is 1. The molecule has 1 aliphatic heterocycles. The number of nitrogens with zero attached hydrogens (tertiary/aromatic N) is 4. The maximum absolute atomic E-state index is 6.02. The van der Waals surface area contributed by atoms with E-state index in [2.05, 4.69) is 20.9 Å². The SMILES string of the molecule is Nc1nc(Cl)cc(N2CCCC2c2nc3ccccc3s2)n1. The highest BCUT2D eigenvalue weighted by atomic mass is 35.5. The molecule has 1 unspecified atom stereocenters. The molecule has 3 heterocycles. The zero-order valence-corrected chi connectivity index (χ0v) is 13.3. The molecule has 0 amide bonds. The van der Waals surface area contributed by atoms with Crippen LogP contribution in [0.15, 0.2) is 30.3 Å². The van der Waals surface area contributed by atoms with E-state index < -0.39 is 0 Å². The predicted molar refractivity (Wildman–Crippen MR) is 90.4 cm³/mol. The van der Waals surface area contributed by atoms with E-state index in [1.807, 2.05) is 18.2 Å². The number of thiazole rings is 1. The van der Waals surface area contributed by atoms with Gasteiger partial charge in [0.2, 0.25) is 5.95 Å². The van der Waals surface area contributed by atoms with Gasteiger partial charge in [-0.05, 0) is 25.0 Å². The van der Waals surface area contributed by atoms with Gasteiger partial charge in [0.25, 0.3) is 0 Å². The monoisotopic (exact) mass is 331 g/mol. The van der Waals surface area contributed by atoms with Crippen molar-refractivity contribution in [3.63, 3.8) is 0 Å². The van der Waals surface area contributed by atoms with Gasteiger partial charge in [0.05, 0.1) is 16.3 Å². The first-order valence-electron chi connectivity index (χ1n) is 7.13. The molecule has 0 saturated carbocycles. The molecule has 7 heteroatoms. The number of fused-ring (bicyclic) bond motifs is 1. The smallest absolute Gasteiger partial charge is 0.223 e. The summed E-state index contributed by atoms with van der Waals surface area (Å²) in [5.41, 5.74) is 6.78. The molecule has 0 bridgehead atoms. The first-order valence-corrected chi connectivity index (χ1v) is 8.32. The average Bonchev–Trinajstić information content (AvgIpc) is 3.12. The van der Waals surface area contributed by atoms with Crippen molar-refractivity contribution in [1.82, 2.24) is 15.0 Å². The minimum Gasteiger partial charge on any atom is -0.368 e. The molecule has 3 aromatic rings. The molecule has 0 spiro atoms. The Hall–Kier alpha value is -1.92. The van der Waals surface area contributed by atoms with Crippen LogP contribution < -0.4 is 10.6 Å². The Kier molecular flexibility index (Phi) is 3.35. The fourth-order valence-corrected chi connectivity index (χ4v) is 4.20. The van der Waals surface area contributed by atoms with Gasteiger partial charge < -0.3 is 10.6 Å². The van der Waals surface area contributed by atoms with Crippen molar-refractivity contribution in [3.05, 3.63) is 40.5 Å². The molecule has 2 N–H and O–H groups in total. The van der Waals surface area contributed by atoms with Gasteiger partial charge in [-0.25, -0.2) is 9.97 Å². The van der Waals surface area contributed by atoms with Crippen LogP contribution in [0.1, 0.15) is 23.9 Å². The molecule has 1 aromatic carbocycles. The largest absolute Gasteiger partial charge is 0.368 e. The Bertz CT molecular complexity index is 780. The second kappa shape index (κ2) is 5.37. The summed E-state index contributed by atoms with van der Waals surface area (Å²) in [5, 5.41) is 1.49. The van der Waals surface area contributed by atoms with E-state index in [1.165, 1.54) is 4.70 Å². The van der Waals surface area contributed by atoms with Crippen molar-refractivity contribution in [2.24, 2.45) is 0 Å². The Balaban J connectivity index is 1.74. The van der Waals surface area contributed by atoms with Crippen molar-refractivity contribution in [2.45, 2.75) is 18.9 Å². The number of halogens is 1. The molecule has 4 rings (SSSR count). The van der Waals surface area contributed by atoms with E-state index in [4.69, 9.17) is 22.3 Å². The summed E-state index contributed by atoms with van der Waals surface area (Å²) in [6.07, 6.45) is 2.16. The zero-order valence-electron chi connectivity index (χ0n) is 11.7. The van der Waals surface area contributed by atoms with Gasteiger partial charge in [0.15, 0.2) is 0 Å². The Labute approximate surface area is 136 Å². The number of aromatic nitrogens is 3. The summed E-state index contributed by atoms with van der Waals surface area (Å²) in [6, 6.07) is 10.2. The van der Waals surface area contributed by atoms with Crippen molar-refractivity contribution < 1.29 is 0 Å². The zero-order chi connectivity index (χ0) is 15.1. The van der Waals surface area contributed by atoms with Crippen LogP contribution in [0.3, 0.4) is 0 Å². The lowest BCUT2D eigenvalue weighted by molar-refractivity contribution is 0.707. The van der Waals surface area contributed by atoms with Crippen LogP contribution >= 0.6 is 22.9 Å². The number of hydrogen-bond acceptors (Lipinski definition) is 6. The van der Waals surface area contributed by atoms with Gasteiger partial charge in [0, 0.05) is 12.6 Å². The topological polar surface area (TPSA) is 67.9 Å². The second-order valence-corrected chi connectivity index (χ2v) is 6.73. The van der Waals surface area contributed by atoms with Crippen LogP contribution in [0, 0.1) is 0 Å². The van der Waals surface area contributed by atoms with Crippen molar-refractivity contribution >= 4 is 44.9 Å². The quantitative estimate of drug-likeness (QED) is 0.726. The predicted octanol–water partition coefficient (Wildman–Crippen LogP) is 3.66. The average molecular weight is 332 g/mol. The Morgan fingerprint density at radius 3 is 2.91 bits per heavy atom. The molecular formula is C15H14ClN5S. The number of nitrogen functional groups attached to an aromatic ring is 1. The standard InChI is InChI=1S/C15H14ClN5S/c16-12-8-13(20-15(17)19-12)21-7-3-5-10(21)14-18-9-4-1-2-6-11(9)22-14/h1-2,4,6,8,10H,3,5,7H2,(H2,17,19,20). The highest BCUT2D eigenvalue weighted by Crippen LogP contribution is 2.39. The molecular weight excluding hydrogens is 318 g/mol. The van der Waals surface area contributed by atoms with E-state index in [1.54, 1.807) is 17.4 Å². The normalized spacial score (nSPS) is 18.2. The highest BCUT2D eigenvalue weighted by Gasteiger charge is 2.30. The molecule has 1 atom stereocenters. The minimum atomic E-state index is 0.206. The molecule has 1 saturated heterocycles. The highest BCUT2D eigenvalue weighted by molar-refractivity contribution is 7.18. The maximum Gasteiger partial charge on any atom is 0.223 e. The molecule has 112 valence electrons. The third-order valence-electron chi connectivity index (χ3n) is 3.84. The first-order chi connectivity index (χ1) is 10.7. The Morgan fingerprint density at radius 1 is 1.23 bits per heavy atom. The first kappa shape index (κ1) is 13.7.